The van der Waals surface area contributed by atoms with Crippen molar-refractivity contribution in [1.82, 2.24) is 10.6 Å². The molecule has 1 fully saturated rings. The Bertz CT molecular complexity index is 1600. The van der Waals surface area contributed by atoms with Gasteiger partial charge in [-0.3, -0.25) is 0 Å². The predicted molar refractivity (Wildman–Crippen MR) is 198 cm³/mol. The first-order valence-electron chi connectivity index (χ1n) is 15.6. The van der Waals surface area contributed by atoms with Gasteiger partial charge >= 0.3 is 47.2 Å². The van der Waals surface area contributed by atoms with Crippen molar-refractivity contribution in [2.24, 2.45) is 0 Å². The third-order valence-electron chi connectivity index (χ3n) is 6.39. The molecular formula is C45H36N2W. The second-order valence-electron chi connectivity index (χ2n) is 10.1. The fraction of sp³-hybridized carbons (Fsp3) is 0.0444. The molecule has 0 atom stereocenters. The molecule has 2 nitrogen and oxygen atoms in total. The summed E-state index contributed by atoms with van der Waals surface area (Å²) in [5.41, 5.74) is 6.31. The summed E-state index contributed by atoms with van der Waals surface area (Å²) in [5.74, 6) is 18.7. The van der Waals surface area contributed by atoms with Crippen LogP contribution in [0.1, 0.15) is 33.4 Å². The molecule has 0 amide bonds. The van der Waals surface area contributed by atoms with Crippen LogP contribution in [0.2, 0.25) is 0 Å². The van der Waals surface area contributed by atoms with E-state index in [2.05, 4.69) is 46.2 Å². The quantitative estimate of drug-likeness (QED) is 0.152. The molecule has 1 aliphatic rings. The van der Waals surface area contributed by atoms with E-state index in [0.717, 1.165) is 46.5 Å². The Balaban J connectivity index is 0.000000150. The third-order valence-corrected chi connectivity index (χ3v) is 7.43. The Hall–Kier alpha value is -5.52. The van der Waals surface area contributed by atoms with Gasteiger partial charge in [0, 0.05) is 33.4 Å². The van der Waals surface area contributed by atoms with Gasteiger partial charge in [0.05, 0.1) is 0 Å². The van der Waals surface area contributed by atoms with E-state index >= 15 is 0 Å². The molecule has 7 rings (SSSR count). The van der Waals surface area contributed by atoms with Gasteiger partial charge < -0.3 is 0 Å². The first-order valence-corrected chi connectivity index (χ1v) is 17.1. The van der Waals surface area contributed by atoms with Crippen LogP contribution >= 0.6 is 0 Å². The van der Waals surface area contributed by atoms with E-state index < -0.39 is 0 Å². The molecule has 0 aliphatic carbocycles. The number of hydrogen-bond donors (Lipinski definition) is 2. The standard InChI is InChI=1S/3C14H10.C3H6N2.W/c3*1-3-7-13(8-4-1)11-12-14-9-5-2-6-10-14;1-2-5-3-4-1;/h3*1-10H;4-5H,1-2H2;. The van der Waals surface area contributed by atoms with E-state index in [4.69, 9.17) is 0 Å². The zero-order valence-electron chi connectivity index (χ0n) is 26.6. The Morgan fingerprint density at radius 3 is 0.583 bits per heavy atom. The maximum atomic E-state index is 3.16. The van der Waals surface area contributed by atoms with E-state index in [0.29, 0.717) is 0 Å². The van der Waals surface area contributed by atoms with Gasteiger partial charge in [0.1, 0.15) is 0 Å². The first-order chi connectivity index (χ1) is 23.7. The van der Waals surface area contributed by atoms with Crippen LogP contribution in [0.5, 0.6) is 0 Å². The van der Waals surface area contributed by atoms with Gasteiger partial charge in [-0.05, 0) is 72.8 Å². The molecule has 0 aromatic heterocycles. The van der Waals surface area contributed by atoms with Gasteiger partial charge in [0.15, 0.2) is 0 Å². The monoisotopic (exact) mass is 788 g/mol. The molecule has 0 unspecified atom stereocenters. The van der Waals surface area contributed by atoms with Crippen LogP contribution in [-0.2, 0) is 19.4 Å². The van der Waals surface area contributed by atoms with Crippen molar-refractivity contribution in [2.45, 2.75) is 0 Å². The average molecular weight is 789 g/mol. The molecule has 48 heavy (non-hydrogen) atoms. The summed E-state index contributed by atoms with van der Waals surface area (Å²) >= 11 is 1.50. The summed E-state index contributed by atoms with van der Waals surface area (Å²) in [5, 5.41) is 6.32. The van der Waals surface area contributed by atoms with Gasteiger partial charge in [-0.25, -0.2) is 0 Å². The topological polar surface area (TPSA) is 24.1 Å². The van der Waals surface area contributed by atoms with Crippen LogP contribution < -0.4 is 10.6 Å². The zero-order chi connectivity index (χ0) is 33.3. The number of rotatable bonds is 0. The van der Waals surface area contributed by atoms with Crippen LogP contribution in [0.4, 0.5) is 0 Å². The van der Waals surface area contributed by atoms with Crippen LogP contribution in [0.15, 0.2) is 182 Å². The van der Waals surface area contributed by atoms with E-state index in [-0.39, 0.29) is 0 Å². The summed E-state index contributed by atoms with van der Waals surface area (Å²) in [4.78, 5) is 0. The van der Waals surface area contributed by atoms with Gasteiger partial charge in [0.2, 0.25) is 0 Å². The van der Waals surface area contributed by atoms with Crippen molar-refractivity contribution in [1.29, 1.82) is 0 Å². The van der Waals surface area contributed by atoms with Crippen molar-refractivity contribution in [3.05, 3.63) is 215 Å². The van der Waals surface area contributed by atoms with Crippen LogP contribution in [0.3, 0.4) is 0 Å². The minimum absolute atomic E-state index is 1.05. The van der Waals surface area contributed by atoms with Crippen LogP contribution in [0, 0.1) is 35.5 Å². The van der Waals surface area contributed by atoms with Gasteiger partial charge in [-0.15, -0.1) is 0 Å². The molecular weight excluding hydrogens is 752 g/mol. The SMILES string of the molecule is C(#Cc1ccccc1)c1ccccc1.C(#Cc1ccccc1)c1ccccc1.C(#Cc1ccccc1)c1ccccc1.[W]=[C]1NCCN1. The fourth-order valence-corrected chi connectivity index (χ4v) is 4.71. The fourth-order valence-electron chi connectivity index (χ4n) is 3.98. The summed E-state index contributed by atoms with van der Waals surface area (Å²) in [6.45, 7) is 2.22. The zero-order valence-corrected chi connectivity index (χ0v) is 29.6. The van der Waals surface area contributed by atoms with E-state index in [1.807, 2.05) is 182 Å². The van der Waals surface area contributed by atoms with Crippen molar-refractivity contribution in [3.8, 4) is 35.5 Å². The second-order valence-corrected chi connectivity index (χ2v) is 11.6. The molecule has 2 N–H and O–H groups in total. The van der Waals surface area contributed by atoms with E-state index in [9.17, 15) is 0 Å². The predicted octanol–water partition coefficient (Wildman–Crippen LogP) is 8.07. The van der Waals surface area contributed by atoms with Crippen LogP contribution in [-0.4, -0.2) is 17.2 Å². The molecule has 1 aliphatic heterocycles. The molecule has 1 heterocycles. The second kappa shape index (κ2) is 22.1. The number of benzene rings is 6. The molecule has 6 aromatic rings. The molecule has 3 heteroatoms. The van der Waals surface area contributed by atoms with Crippen molar-refractivity contribution in [2.75, 3.05) is 13.1 Å². The summed E-state index contributed by atoms with van der Waals surface area (Å²) < 4.78 is 1.29. The molecule has 0 spiro atoms. The molecule has 232 valence electrons. The number of hydrogen-bond acceptors (Lipinski definition) is 2. The molecule has 1 saturated heterocycles. The Morgan fingerprint density at radius 1 is 0.292 bits per heavy atom. The average Bonchev–Trinajstić information content (AvgIpc) is 3.66. The first kappa shape index (κ1) is 35.3. The maximum absolute atomic E-state index is 3.16. The molecule has 0 radical (unpaired) electrons. The van der Waals surface area contributed by atoms with Crippen molar-refractivity contribution >= 4 is 4.15 Å². The Morgan fingerprint density at radius 2 is 0.458 bits per heavy atom. The summed E-state index contributed by atoms with van der Waals surface area (Å²) in [6, 6.07) is 60.0. The van der Waals surface area contributed by atoms with Gasteiger partial charge in [-0.2, -0.15) is 0 Å². The van der Waals surface area contributed by atoms with Crippen molar-refractivity contribution < 1.29 is 19.4 Å². The Labute approximate surface area is 296 Å². The number of nitrogens with one attached hydrogen (secondary N) is 2. The summed E-state index contributed by atoms with van der Waals surface area (Å²) in [7, 11) is 0. The van der Waals surface area contributed by atoms with E-state index in [1.165, 1.54) is 23.5 Å². The Kier molecular flexibility index (Phi) is 16.3. The molecule has 0 saturated carbocycles. The van der Waals surface area contributed by atoms with Crippen LogP contribution in [0.25, 0.3) is 0 Å². The van der Waals surface area contributed by atoms with Gasteiger partial charge in [-0.1, -0.05) is 145 Å². The molecule has 0 bridgehead atoms. The van der Waals surface area contributed by atoms with Gasteiger partial charge in [0.25, 0.3) is 0 Å². The normalized spacial score (nSPS) is 10.5. The van der Waals surface area contributed by atoms with Crippen molar-refractivity contribution in [3.63, 3.8) is 0 Å². The van der Waals surface area contributed by atoms with E-state index in [1.54, 1.807) is 0 Å². The minimum atomic E-state index is 1.05. The summed E-state index contributed by atoms with van der Waals surface area (Å²) in [6.07, 6.45) is 0. The third kappa shape index (κ3) is 15.2. The molecule has 6 aromatic carbocycles.